The highest BCUT2D eigenvalue weighted by molar-refractivity contribution is 5.99. The van der Waals surface area contributed by atoms with Gasteiger partial charge in [0.25, 0.3) is 0 Å². The number of nitrogens with zero attached hydrogens (tertiary/aromatic N) is 4. The van der Waals surface area contributed by atoms with Gasteiger partial charge in [-0.2, -0.15) is 0 Å². The van der Waals surface area contributed by atoms with Crippen LogP contribution in [0.5, 0.6) is 0 Å². The number of aliphatic hydroxyl groups excluding tert-OH is 1. The van der Waals surface area contributed by atoms with Crippen molar-refractivity contribution in [2.24, 2.45) is 41.1 Å². The van der Waals surface area contributed by atoms with Crippen molar-refractivity contribution in [3.63, 3.8) is 0 Å². The summed E-state index contributed by atoms with van der Waals surface area (Å²) in [5, 5.41) is 64.1. The van der Waals surface area contributed by atoms with Gasteiger partial charge in [0.2, 0.25) is 59.1 Å². The van der Waals surface area contributed by atoms with Gasteiger partial charge in [0.1, 0.15) is 60.7 Å². The quantitative estimate of drug-likeness (QED) is 0.0764. The van der Waals surface area contributed by atoms with Gasteiger partial charge in [-0.15, -0.1) is 5.10 Å². The first-order valence-corrected chi connectivity index (χ1v) is 35.2. The van der Waals surface area contributed by atoms with Gasteiger partial charge >= 0.3 is 5.97 Å². The lowest BCUT2D eigenvalue weighted by Gasteiger charge is -2.34. The van der Waals surface area contributed by atoms with Gasteiger partial charge < -0.3 is 90.4 Å². The predicted octanol–water partition coefficient (Wildman–Crippen LogP) is -3.32. The number of halogens is 2. The van der Waals surface area contributed by atoms with Gasteiger partial charge in [-0.25, -0.2) is 8.78 Å². The van der Waals surface area contributed by atoms with E-state index in [-0.39, 0.29) is 113 Å². The van der Waals surface area contributed by atoms with E-state index in [1.807, 2.05) is 0 Å². The number of hydrogen-bond acceptors (Lipinski definition) is 19. The summed E-state index contributed by atoms with van der Waals surface area (Å²) in [4.78, 5) is 158. The molecular weight excluding hydrogens is 1270 g/mol. The fourth-order valence-corrected chi connectivity index (χ4v) is 15.8. The maximum absolute atomic E-state index is 15.2. The lowest BCUT2D eigenvalue weighted by molar-refractivity contribution is -0.143. The maximum atomic E-state index is 15.2. The largest absolute Gasteiger partial charge is 0.481 e. The molecule has 31 nitrogen and oxygen atoms in total. The first-order valence-electron chi connectivity index (χ1n) is 35.2. The number of carboxylic acids is 1. The van der Waals surface area contributed by atoms with Crippen molar-refractivity contribution >= 4 is 65.0 Å². The van der Waals surface area contributed by atoms with E-state index in [9.17, 15) is 43.8 Å². The van der Waals surface area contributed by atoms with Crippen molar-refractivity contribution in [2.45, 2.75) is 246 Å². The average molecular weight is 1370 g/mol. The normalized spacial score (nSPS) is 35.4. The van der Waals surface area contributed by atoms with Crippen LogP contribution < -0.4 is 75.3 Å². The predicted molar refractivity (Wildman–Crippen MR) is 344 cm³/mol. The van der Waals surface area contributed by atoms with Gasteiger partial charge in [-0.05, 0) is 184 Å². The van der Waals surface area contributed by atoms with E-state index in [1.165, 1.54) is 9.58 Å². The molecule has 540 valence electrons. The van der Waals surface area contributed by atoms with Crippen molar-refractivity contribution in [2.75, 3.05) is 45.9 Å². The molecule has 9 unspecified atom stereocenters. The molecule has 0 spiro atoms. The van der Waals surface area contributed by atoms with Crippen LogP contribution in [0.4, 0.5) is 8.78 Å². The molecule has 6 heterocycles. The lowest BCUT2D eigenvalue weighted by Crippen LogP contribution is -2.61. The average Bonchev–Trinajstić information content (AvgIpc) is 1.75. The number of carbonyl (C=O) groups is 11. The fourth-order valence-electron chi connectivity index (χ4n) is 15.8. The number of aliphatic hydroxyl groups is 1. The number of amides is 10. The minimum Gasteiger partial charge on any atom is -0.481 e. The molecule has 4 saturated heterocycles. The Morgan fingerprint density at radius 1 is 0.608 bits per heavy atom. The van der Waals surface area contributed by atoms with E-state index >= 15 is 28.0 Å². The lowest BCUT2D eigenvalue weighted by atomic mass is 9.76. The zero-order valence-electron chi connectivity index (χ0n) is 55.3. The van der Waals surface area contributed by atoms with Crippen LogP contribution in [0.3, 0.4) is 0 Å². The Bertz CT molecular complexity index is 2920. The maximum Gasteiger partial charge on any atom is 0.305 e. The molecule has 0 radical (unpaired) electrons. The number of carboxylic acid groups (broad SMARTS) is 1. The molecule has 5 aliphatic heterocycles. The van der Waals surface area contributed by atoms with Crippen LogP contribution >= 0.6 is 0 Å². The Labute approximate surface area is 563 Å². The third kappa shape index (κ3) is 21.2. The van der Waals surface area contributed by atoms with Crippen molar-refractivity contribution < 1.29 is 71.7 Å². The van der Waals surface area contributed by atoms with E-state index in [4.69, 9.17) is 11.5 Å². The summed E-state index contributed by atoms with van der Waals surface area (Å²) in [5.41, 5.74) is 11.9. The number of fused-ring (bicyclic) bond motifs is 5. The summed E-state index contributed by atoms with van der Waals surface area (Å²) in [6.07, 6.45) is 3.76. The molecule has 1 aromatic rings. The Morgan fingerprint density at radius 3 is 1.84 bits per heavy atom. The highest BCUT2D eigenvalue weighted by Gasteiger charge is 2.47. The van der Waals surface area contributed by atoms with E-state index in [1.54, 1.807) is 6.20 Å². The standard InChI is InChI=1S/C64H102F2N18O13/c65-37-11-15-44-42(23-37)35(28-70-44)21-48-59(92)77-49(22-36-29-71-45-16-12-38(66)24-43(36)45)60(93)79-51(27-56(88)89)62(95)78-50(25-39-30-69-33-73-39)61(94)80-52(20-34-9-13-41(85)14-10-34)64(97)84-19-5-7-53(84)63(96)76-47(57(68)90)26-40-32-83(82-81-40)18-4-2-8-54(86)74-46(6-1-3-17-67)58(91)72-31-55(87)75-48/h32,34-39,41-53,69-71,73,85H,1-31,33,67H2,(H2,68,90)(H,72,91)(H,74,86)(H,75,87)(H,76,96)(H,77,92)(H,78,95)(H,79,93)(H,80,94)(H,88,89)/t34?,35?,36?,37?,38?,39?,41?,42?,43?,44?,45?,46-,47-,48-,49-,50-,51-,52-,53-/m0/s1. The molecule has 2 bridgehead atoms. The summed E-state index contributed by atoms with van der Waals surface area (Å²) in [7, 11) is 0. The second-order valence-electron chi connectivity index (χ2n) is 28.2. The Hall–Kier alpha value is -7.07. The Morgan fingerprint density at radius 2 is 1.22 bits per heavy atom. The fraction of sp³-hybridized carbons (Fsp3) is 0.797. The monoisotopic (exact) mass is 1370 g/mol. The number of aromatic nitrogens is 3. The topological polar surface area (TPSA) is 459 Å². The summed E-state index contributed by atoms with van der Waals surface area (Å²) in [5.74, 6) is -11.0. The molecule has 18 N–H and O–H groups in total. The molecule has 9 rings (SSSR count). The molecule has 97 heavy (non-hydrogen) atoms. The molecule has 0 aromatic carbocycles. The Kier molecular flexibility index (Phi) is 27.2. The molecule has 3 aliphatic carbocycles. The number of aryl methyl sites for hydroxylation is 1. The van der Waals surface area contributed by atoms with Crippen LogP contribution in [0.25, 0.3) is 0 Å². The van der Waals surface area contributed by atoms with Crippen molar-refractivity contribution in [3.05, 3.63) is 11.9 Å². The number of nitrogens with one attached hydrogen (secondary N) is 12. The Balaban J connectivity index is 1.03. The SMILES string of the molecule is NCCCC[C@@H]1NC(=O)CCCCn2cc(nn2)C[C@@H](C(N)=O)NC(=O)[C@@H]2CCCN2C(=O)[C@H](CC2CCC(O)CC2)NC(=O)[C@H](CC2CNCN2)NC(=O)[C@H](CC(=O)O)NC(=O)[C@H](CC2CNC3CCC(F)CC23)NC(=O)[C@H](CC2CNC3CCC(F)CC23)NC(=O)CNC1=O. The minimum atomic E-state index is -1.91. The summed E-state index contributed by atoms with van der Waals surface area (Å²) in [6, 6.07) is -11.8. The van der Waals surface area contributed by atoms with Gasteiger partial charge in [-0.1, -0.05) is 5.21 Å². The number of hydrogen-bond donors (Lipinski definition) is 16. The highest BCUT2D eigenvalue weighted by atomic mass is 19.1. The number of carbonyl (C=O) groups excluding carboxylic acids is 10. The summed E-state index contributed by atoms with van der Waals surface area (Å²) in [6.45, 7) is 1.38. The van der Waals surface area contributed by atoms with E-state index < -0.39 is 157 Å². The smallest absolute Gasteiger partial charge is 0.305 e. The van der Waals surface area contributed by atoms with Crippen molar-refractivity contribution in [3.8, 4) is 0 Å². The molecule has 17 atom stereocenters. The van der Waals surface area contributed by atoms with Crippen LogP contribution in [0.1, 0.15) is 153 Å². The molecule has 7 fully saturated rings. The van der Waals surface area contributed by atoms with Crippen molar-refractivity contribution in [1.29, 1.82) is 0 Å². The van der Waals surface area contributed by atoms with E-state index in [2.05, 4.69) is 74.1 Å². The molecular formula is C64H102F2N18O13. The molecule has 1 aromatic heterocycles. The number of aliphatic carboxylic acids is 1. The van der Waals surface area contributed by atoms with Crippen LogP contribution in [-0.2, 0) is 65.7 Å². The van der Waals surface area contributed by atoms with Crippen LogP contribution in [-0.4, -0.2) is 226 Å². The van der Waals surface area contributed by atoms with Crippen molar-refractivity contribution in [1.82, 2.24) is 83.7 Å². The molecule has 10 amide bonds. The van der Waals surface area contributed by atoms with Crippen LogP contribution in [0, 0.1) is 29.6 Å². The summed E-state index contributed by atoms with van der Waals surface area (Å²) < 4.78 is 31.9. The number of alkyl halides is 2. The van der Waals surface area contributed by atoms with Gasteiger partial charge in [0.05, 0.1) is 24.8 Å². The third-order valence-corrected chi connectivity index (χ3v) is 21.2. The third-order valence-electron chi connectivity index (χ3n) is 21.2. The zero-order chi connectivity index (χ0) is 69.3. The van der Waals surface area contributed by atoms with E-state index in [0.717, 1.165) is 0 Å². The number of rotatable bonds is 15. The number of unbranched alkanes of at least 4 members (excludes halogenated alkanes) is 1. The van der Waals surface area contributed by atoms with Gasteiger partial charge in [0, 0.05) is 63.5 Å². The minimum absolute atomic E-state index is 0.00725. The molecule has 3 saturated carbocycles. The molecule has 33 heteroatoms. The molecule has 8 aliphatic rings. The number of nitrogens with two attached hydrogens (primary N) is 2. The summed E-state index contributed by atoms with van der Waals surface area (Å²) >= 11 is 0. The van der Waals surface area contributed by atoms with Crippen LogP contribution in [0.2, 0.25) is 0 Å². The second-order valence-corrected chi connectivity index (χ2v) is 28.2. The number of primary amides is 1. The van der Waals surface area contributed by atoms with Gasteiger partial charge in [-0.3, -0.25) is 57.4 Å². The van der Waals surface area contributed by atoms with Crippen LogP contribution in [0.15, 0.2) is 6.20 Å². The second kappa shape index (κ2) is 35.6. The van der Waals surface area contributed by atoms with E-state index in [0.29, 0.717) is 122 Å². The zero-order valence-corrected chi connectivity index (χ0v) is 55.3. The first kappa shape index (κ1) is 74.2. The highest BCUT2D eigenvalue weighted by Crippen LogP contribution is 2.40. The first-order chi connectivity index (χ1) is 46.6. The van der Waals surface area contributed by atoms with Gasteiger partial charge in [0.15, 0.2) is 0 Å².